The van der Waals surface area contributed by atoms with Gasteiger partial charge in [-0.25, -0.2) is 0 Å². The van der Waals surface area contributed by atoms with E-state index >= 15 is 0 Å². The van der Waals surface area contributed by atoms with Gasteiger partial charge in [-0.05, 0) is 17.9 Å². The van der Waals surface area contributed by atoms with E-state index in [1.807, 2.05) is 0 Å². The molecule has 0 spiro atoms. The Hall–Kier alpha value is -1.70. The Morgan fingerprint density at radius 3 is 3.00 bits per heavy atom. The van der Waals surface area contributed by atoms with Crippen LogP contribution >= 0.6 is 0 Å². The number of ether oxygens (including phenoxy) is 1. The maximum Gasteiger partial charge on any atom is 0.150 e. The molecule has 1 atom stereocenters. The summed E-state index contributed by atoms with van der Waals surface area (Å²) in [5.74, 6) is 1.00. The smallest absolute Gasteiger partial charge is 0.150 e. The van der Waals surface area contributed by atoms with Crippen LogP contribution in [0.1, 0.15) is 13.3 Å². The zero-order valence-electron chi connectivity index (χ0n) is 9.36. The summed E-state index contributed by atoms with van der Waals surface area (Å²) < 4.78 is 5.88. The Labute approximate surface area is 95.2 Å². The van der Waals surface area contributed by atoms with E-state index in [1.165, 1.54) is 10.8 Å². The van der Waals surface area contributed by atoms with Crippen LogP contribution in [0.2, 0.25) is 0 Å². The second-order valence-electron chi connectivity index (χ2n) is 4.22. The number of fused-ring (bicyclic) bond motifs is 3. The molecule has 1 heterocycles. The first-order valence-electron chi connectivity index (χ1n) is 5.79. The van der Waals surface area contributed by atoms with Gasteiger partial charge in [-0.2, -0.15) is 0 Å². The molecule has 82 valence electrons. The lowest BCUT2D eigenvalue weighted by atomic mass is 10.1. The highest BCUT2D eigenvalue weighted by molar-refractivity contribution is 5.93. The van der Waals surface area contributed by atoms with Gasteiger partial charge >= 0.3 is 0 Å². The summed E-state index contributed by atoms with van der Waals surface area (Å²) in [7, 11) is 0. The molecule has 0 bridgehead atoms. The van der Waals surface area contributed by atoms with E-state index < -0.39 is 0 Å². The first kappa shape index (κ1) is 9.52. The van der Waals surface area contributed by atoms with Crippen molar-refractivity contribution in [2.45, 2.75) is 19.4 Å². The van der Waals surface area contributed by atoms with Gasteiger partial charge in [0.05, 0.1) is 11.7 Å². The van der Waals surface area contributed by atoms with Gasteiger partial charge in [0.25, 0.3) is 0 Å². The lowest BCUT2D eigenvalue weighted by Gasteiger charge is -2.27. The second kappa shape index (κ2) is 3.71. The van der Waals surface area contributed by atoms with Crippen LogP contribution in [0.4, 0.5) is 5.69 Å². The fourth-order valence-corrected chi connectivity index (χ4v) is 2.18. The zero-order chi connectivity index (χ0) is 11.0. The van der Waals surface area contributed by atoms with Crippen molar-refractivity contribution in [1.29, 1.82) is 0 Å². The third-order valence-electron chi connectivity index (χ3n) is 3.16. The van der Waals surface area contributed by atoms with Crippen molar-refractivity contribution in [3.8, 4) is 5.75 Å². The number of anilines is 1. The minimum absolute atomic E-state index is 0.439. The molecule has 1 aliphatic heterocycles. The molecule has 0 amide bonds. The normalized spacial score (nSPS) is 18.7. The number of nitrogens with one attached hydrogen (secondary N) is 1. The Balaban J connectivity index is 2.14. The molecule has 2 aromatic carbocycles. The maximum atomic E-state index is 5.88. The van der Waals surface area contributed by atoms with Gasteiger partial charge in [0.1, 0.15) is 12.4 Å². The van der Waals surface area contributed by atoms with Crippen molar-refractivity contribution in [3.63, 3.8) is 0 Å². The topological polar surface area (TPSA) is 21.3 Å². The highest BCUT2D eigenvalue weighted by Crippen LogP contribution is 2.36. The standard InChI is InChI=1S/C14H15NO/c1-2-11-9-16-14-12-6-4-3-5-10(12)7-8-13(14)15-11/h3-8,11,15H,2,9H2,1H3. The summed E-state index contributed by atoms with van der Waals surface area (Å²) in [5.41, 5.74) is 1.12. The van der Waals surface area contributed by atoms with E-state index in [0.717, 1.165) is 24.5 Å². The van der Waals surface area contributed by atoms with Crippen LogP contribution < -0.4 is 10.1 Å². The van der Waals surface area contributed by atoms with Gasteiger partial charge in [0.15, 0.2) is 0 Å². The third-order valence-corrected chi connectivity index (χ3v) is 3.16. The van der Waals surface area contributed by atoms with E-state index in [9.17, 15) is 0 Å². The molecule has 1 unspecified atom stereocenters. The van der Waals surface area contributed by atoms with Crippen LogP contribution in [0.5, 0.6) is 5.75 Å². The van der Waals surface area contributed by atoms with Gasteiger partial charge in [-0.3, -0.25) is 0 Å². The number of benzene rings is 2. The highest BCUT2D eigenvalue weighted by Gasteiger charge is 2.18. The Morgan fingerprint density at radius 2 is 2.12 bits per heavy atom. The summed E-state index contributed by atoms with van der Waals surface area (Å²) >= 11 is 0. The molecule has 0 saturated heterocycles. The molecule has 1 N–H and O–H groups in total. The minimum atomic E-state index is 0.439. The molecule has 2 heteroatoms. The first-order chi connectivity index (χ1) is 7.88. The highest BCUT2D eigenvalue weighted by atomic mass is 16.5. The third kappa shape index (κ3) is 1.42. The van der Waals surface area contributed by atoms with E-state index in [2.05, 4.69) is 48.6 Å². The summed E-state index contributed by atoms with van der Waals surface area (Å²) in [6, 6.07) is 13.0. The van der Waals surface area contributed by atoms with E-state index in [-0.39, 0.29) is 0 Å². The van der Waals surface area contributed by atoms with E-state index in [4.69, 9.17) is 4.74 Å². The molecule has 0 saturated carbocycles. The molecule has 2 aromatic rings. The minimum Gasteiger partial charge on any atom is -0.489 e. The maximum absolute atomic E-state index is 5.88. The molecule has 3 rings (SSSR count). The monoisotopic (exact) mass is 213 g/mol. The summed E-state index contributed by atoms with van der Waals surface area (Å²) in [4.78, 5) is 0. The fraction of sp³-hybridized carbons (Fsp3) is 0.286. The molecule has 0 radical (unpaired) electrons. The van der Waals surface area contributed by atoms with Crippen molar-refractivity contribution in [2.75, 3.05) is 11.9 Å². The predicted octanol–water partition coefficient (Wildman–Crippen LogP) is 3.42. The molecule has 2 nitrogen and oxygen atoms in total. The van der Waals surface area contributed by atoms with Gasteiger partial charge in [-0.1, -0.05) is 37.3 Å². The number of rotatable bonds is 1. The molecular formula is C14H15NO. The lowest BCUT2D eigenvalue weighted by molar-refractivity contribution is 0.285. The number of hydrogen-bond donors (Lipinski definition) is 1. The molecular weight excluding hydrogens is 198 g/mol. The average Bonchev–Trinajstić information content (AvgIpc) is 2.38. The molecule has 0 aromatic heterocycles. The van der Waals surface area contributed by atoms with Gasteiger partial charge in [0, 0.05) is 5.39 Å². The quantitative estimate of drug-likeness (QED) is 0.783. The largest absolute Gasteiger partial charge is 0.489 e. The van der Waals surface area contributed by atoms with Crippen LogP contribution in [0.15, 0.2) is 36.4 Å². The summed E-state index contributed by atoms with van der Waals surface area (Å²) in [5, 5.41) is 5.94. The average molecular weight is 213 g/mol. The Bertz CT molecular complexity index is 521. The van der Waals surface area contributed by atoms with E-state index in [1.54, 1.807) is 0 Å². The molecule has 0 fully saturated rings. The lowest BCUT2D eigenvalue weighted by Crippen LogP contribution is -2.30. The predicted molar refractivity (Wildman–Crippen MR) is 67.1 cm³/mol. The van der Waals surface area contributed by atoms with Gasteiger partial charge in [0.2, 0.25) is 0 Å². The van der Waals surface area contributed by atoms with Crippen molar-refractivity contribution < 1.29 is 4.74 Å². The zero-order valence-corrected chi connectivity index (χ0v) is 9.36. The SMILES string of the molecule is CCC1COc2c(ccc3ccccc23)N1. The van der Waals surface area contributed by atoms with Crippen LogP contribution in [0, 0.1) is 0 Å². The second-order valence-corrected chi connectivity index (χ2v) is 4.22. The molecule has 16 heavy (non-hydrogen) atoms. The van der Waals surface area contributed by atoms with Crippen LogP contribution in [0.25, 0.3) is 10.8 Å². The van der Waals surface area contributed by atoms with Crippen molar-refractivity contribution in [1.82, 2.24) is 0 Å². The number of hydrogen-bond acceptors (Lipinski definition) is 2. The van der Waals surface area contributed by atoms with Crippen LogP contribution in [0.3, 0.4) is 0 Å². The molecule has 1 aliphatic rings. The summed E-state index contributed by atoms with van der Waals surface area (Å²) in [6.45, 7) is 2.94. The van der Waals surface area contributed by atoms with Gasteiger partial charge in [-0.15, -0.1) is 0 Å². The molecule has 0 aliphatic carbocycles. The van der Waals surface area contributed by atoms with Gasteiger partial charge < -0.3 is 10.1 Å². The fourth-order valence-electron chi connectivity index (χ4n) is 2.18. The Kier molecular flexibility index (Phi) is 2.21. The van der Waals surface area contributed by atoms with Crippen LogP contribution in [-0.4, -0.2) is 12.6 Å². The first-order valence-corrected chi connectivity index (χ1v) is 5.79. The van der Waals surface area contributed by atoms with Crippen molar-refractivity contribution >= 4 is 16.5 Å². The Morgan fingerprint density at radius 1 is 1.25 bits per heavy atom. The van der Waals surface area contributed by atoms with E-state index in [0.29, 0.717) is 6.04 Å². The summed E-state index contributed by atoms with van der Waals surface area (Å²) in [6.07, 6.45) is 1.09. The van der Waals surface area contributed by atoms with Crippen molar-refractivity contribution in [3.05, 3.63) is 36.4 Å². The van der Waals surface area contributed by atoms with Crippen LogP contribution in [-0.2, 0) is 0 Å². The van der Waals surface area contributed by atoms with Crippen molar-refractivity contribution in [2.24, 2.45) is 0 Å².